The molecule has 0 aliphatic rings. The Balaban J connectivity index is 2.28. The maximum Gasteiger partial charge on any atom is 0.408 e. The van der Waals surface area contributed by atoms with Crippen LogP contribution in [0.25, 0.3) is 0 Å². The monoisotopic (exact) mass is 453 g/mol. The molecule has 2 unspecified atom stereocenters. The lowest BCUT2D eigenvalue weighted by Crippen LogP contribution is -2.54. The van der Waals surface area contributed by atoms with Crippen LogP contribution in [0.4, 0.5) is 4.79 Å². The largest absolute Gasteiger partial charge is 0.444 e. The molecule has 0 heterocycles. The van der Waals surface area contributed by atoms with Crippen LogP contribution in [-0.2, 0) is 20.9 Å². The fraction of sp³-hybridized carbons (Fsp3) is 0.423. The highest BCUT2D eigenvalue weighted by molar-refractivity contribution is 5.92. The second-order valence-corrected chi connectivity index (χ2v) is 9.22. The standard InChI is InChI=1S/C26H35N3O4/c1-18(2)29(24(31)19(3)28-25(32)33-26(4,5)6)22(21-15-11-8-12-16-21)23(30)27-17-20-13-9-7-10-14-20/h7-16,18-19,22H,17H2,1-6H3,(H,27,30)(H,28,32). The van der Waals surface area contributed by atoms with Crippen molar-refractivity contribution in [2.75, 3.05) is 0 Å². The molecule has 33 heavy (non-hydrogen) atoms. The zero-order chi connectivity index (χ0) is 24.6. The molecule has 2 aromatic rings. The van der Waals surface area contributed by atoms with Gasteiger partial charge in [0, 0.05) is 12.6 Å². The molecule has 0 aromatic heterocycles. The number of alkyl carbamates (subject to hydrolysis) is 1. The number of rotatable bonds is 8. The summed E-state index contributed by atoms with van der Waals surface area (Å²) < 4.78 is 5.28. The molecule has 0 bridgehead atoms. The smallest absolute Gasteiger partial charge is 0.408 e. The Morgan fingerprint density at radius 3 is 1.97 bits per heavy atom. The fourth-order valence-electron chi connectivity index (χ4n) is 3.40. The van der Waals surface area contributed by atoms with Crippen LogP contribution in [0, 0.1) is 0 Å². The van der Waals surface area contributed by atoms with Gasteiger partial charge in [0.1, 0.15) is 17.7 Å². The van der Waals surface area contributed by atoms with Crippen molar-refractivity contribution in [1.29, 1.82) is 0 Å². The predicted molar refractivity (Wildman–Crippen MR) is 128 cm³/mol. The van der Waals surface area contributed by atoms with E-state index in [0.717, 1.165) is 5.56 Å². The number of carbonyl (C=O) groups excluding carboxylic acids is 3. The Bertz CT molecular complexity index is 924. The van der Waals surface area contributed by atoms with Crippen molar-refractivity contribution >= 4 is 17.9 Å². The Labute approximate surface area is 196 Å². The maximum absolute atomic E-state index is 13.5. The van der Waals surface area contributed by atoms with Gasteiger partial charge in [0.05, 0.1) is 0 Å². The van der Waals surface area contributed by atoms with Crippen molar-refractivity contribution in [3.8, 4) is 0 Å². The number of carbonyl (C=O) groups is 3. The third-order valence-corrected chi connectivity index (χ3v) is 4.87. The van der Waals surface area contributed by atoms with Crippen molar-refractivity contribution in [2.45, 2.75) is 71.8 Å². The van der Waals surface area contributed by atoms with Gasteiger partial charge >= 0.3 is 6.09 Å². The van der Waals surface area contributed by atoms with E-state index in [9.17, 15) is 14.4 Å². The molecular weight excluding hydrogens is 418 g/mol. The fourth-order valence-corrected chi connectivity index (χ4v) is 3.40. The van der Waals surface area contributed by atoms with Gasteiger partial charge in [0.25, 0.3) is 0 Å². The first-order chi connectivity index (χ1) is 15.5. The molecule has 2 atom stereocenters. The van der Waals surface area contributed by atoms with Crippen molar-refractivity contribution in [1.82, 2.24) is 15.5 Å². The molecule has 178 valence electrons. The lowest BCUT2D eigenvalue weighted by atomic mass is 10.0. The second kappa shape index (κ2) is 11.5. The SMILES string of the molecule is CC(NC(=O)OC(C)(C)C)C(=O)N(C(C)C)C(C(=O)NCc1ccccc1)c1ccccc1. The van der Waals surface area contributed by atoms with Gasteiger partial charge in [-0.05, 0) is 52.7 Å². The van der Waals surface area contributed by atoms with Crippen LogP contribution in [0.2, 0.25) is 0 Å². The Hall–Kier alpha value is -3.35. The lowest BCUT2D eigenvalue weighted by Gasteiger charge is -2.36. The number of hydrogen-bond acceptors (Lipinski definition) is 4. The minimum atomic E-state index is -0.879. The summed E-state index contributed by atoms with van der Waals surface area (Å²) in [5, 5.41) is 5.54. The first-order valence-electron chi connectivity index (χ1n) is 11.2. The van der Waals surface area contributed by atoms with Gasteiger partial charge in [-0.15, -0.1) is 0 Å². The zero-order valence-electron chi connectivity index (χ0n) is 20.3. The Kier molecular flexibility index (Phi) is 9.02. The van der Waals surface area contributed by atoms with Crippen LogP contribution < -0.4 is 10.6 Å². The van der Waals surface area contributed by atoms with Gasteiger partial charge < -0.3 is 20.3 Å². The molecule has 0 radical (unpaired) electrons. The van der Waals surface area contributed by atoms with Crippen LogP contribution in [0.15, 0.2) is 60.7 Å². The van der Waals surface area contributed by atoms with Gasteiger partial charge in [0.2, 0.25) is 11.8 Å². The van der Waals surface area contributed by atoms with E-state index in [1.165, 1.54) is 4.90 Å². The molecule has 0 aliphatic carbocycles. The molecule has 0 fully saturated rings. The normalized spacial score (nSPS) is 13.1. The summed E-state index contributed by atoms with van der Waals surface area (Å²) in [5.74, 6) is -0.670. The number of hydrogen-bond donors (Lipinski definition) is 2. The van der Waals surface area contributed by atoms with Crippen molar-refractivity contribution in [3.05, 3.63) is 71.8 Å². The molecule has 2 N–H and O–H groups in total. The molecule has 0 aliphatic heterocycles. The average Bonchev–Trinajstić information content (AvgIpc) is 2.75. The molecule has 0 saturated carbocycles. The van der Waals surface area contributed by atoms with E-state index in [0.29, 0.717) is 12.1 Å². The highest BCUT2D eigenvalue weighted by Crippen LogP contribution is 2.25. The Morgan fingerprint density at radius 1 is 0.909 bits per heavy atom. The minimum absolute atomic E-state index is 0.295. The van der Waals surface area contributed by atoms with E-state index < -0.39 is 23.8 Å². The number of nitrogens with one attached hydrogen (secondary N) is 2. The quantitative estimate of drug-likeness (QED) is 0.627. The number of benzene rings is 2. The minimum Gasteiger partial charge on any atom is -0.444 e. The summed E-state index contributed by atoms with van der Waals surface area (Å²) in [6.07, 6.45) is -0.683. The molecule has 3 amide bonds. The zero-order valence-corrected chi connectivity index (χ0v) is 20.3. The van der Waals surface area contributed by atoms with Gasteiger partial charge in [-0.25, -0.2) is 4.79 Å². The summed E-state index contributed by atoms with van der Waals surface area (Å²) in [6, 6.07) is 16.7. The van der Waals surface area contributed by atoms with Crippen LogP contribution in [0.5, 0.6) is 0 Å². The van der Waals surface area contributed by atoms with Crippen LogP contribution in [0.3, 0.4) is 0 Å². The van der Waals surface area contributed by atoms with Crippen LogP contribution in [0.1, 0.15) is 58.7 Å². The summed E-state index contributed by atoms with van der Waals surface area (Å²) in [6.45, 7) is 10.9. The van der Waals surface area contributed by atoms with E-state index in [1.807, 2.05) is 74.5 Å². The highest BCUT2D eigenvalue weighted by atomic mass is 16.6. The van der Waals surface area contributed by atoms with E-state index in [1.54, 1.807) is 27.7 Å². The van der Waals surface area contributed by atoms with Crippen molar-refractivity contribution < 1.29 is 19.1 Å². The van der Waals surface area contributed by atoms with E-state index >= 15 is 0 Å². The third-order valence-electron chi connectivity index (χ3n) is 4.87. The lowest BCUT2D eigenvalue weighted by molar-refractivity contribution is -0.144. The number of amides is 3. The van der Waals surface area contributed by atoms with Crippen molar-refractivity contribution in [2.24, 2.45) is 0 Å². The molecule has 0 spiro atoms. The third kappa shape index (κ3) is 7.93. The van der Waals surface area contributed by atoms with E-state index in [2.05, 4.69) is 10.6 Å². The Morgan fingerprint density at radius 2 is 1.45 bits per heavy atom. The molecule has 7 nitrogen and oxygen atoms in total. The first kappa shape index (κ1) is 25.9. The van der Waals surface area contributed by atoms with Gasteiger partial charge in [-0.1, -0.05) is 60.7 Å². The first-order valence-corrected chi connectivity index (χ1v) is 11.2. The van der Waals surface area contributed by atoms with Gasteiger partial charge in [-0.2, -0.15) is 0 Å². The van der Waals surface area contributed by atoms with Crippen molar-refractivity contribution in [3.63, 3.8) is 0 Å². The topological polar surface area (TPSA) is 87.7 Å². The predicted octanol–water partition coefficient (Wildman–Crippen LogP) is 4.19. The van der Waals surface area contributed by atoms with E-state index in [-0.39, 0.29) is 17.9 Å². The summed E-state index contributed by atoms with van der Waals surface area (Å²) >= 11 is 0. The summed E-state index contributed by atoms with van der Waals surface area (Å²) in [7, 11) is 0. The summed E-state index contributed by atoms with van der Waals surface area (Å²) in [5.41, 5.74) is 0.962. The van der Waals surface area contributed by atoms with Gasteiger partial charge in [-0.3, -0.25) is 9.59 Å². The van der Waals surface area contributed by atoms with E-state index in [4.69, 9.17) is 4.74 Å². The molecule has 7 heteroatoms. The summed E-state index contributed by atoms with van der Waals surface area (Å²) in [4.78, 5) is 40.6. The molecule has 2 rings (SSSR count). The molecule has 2 aromatic carbocycles. The highest BCUT2D eigenvalue weighted by Gasteiger charge is 2.36. The second-order valence-electron chi connectivity index (χ2n) is 9.22. The van der Waals surface area contributed by atoms with Gasteiger partial charge in [0.15, 0.2) is 0 Å². The number of ether oxygens (including phenoxy) is 1. The molecular formula is C26H35N3O4. The number of nitrogens with zero attached hydrogens (tertiary/aromatic N) is 1. The average molecular weight is 454 g/mol. The maximum atomic E-state index is 13.5. The van der Waals surface area contributed by atoms with Crippen LogP contribution >= 0.6 is 0 Å². The van der Waals surface area contributed by atoms with Crippen LogP contribution in [-0.4, -0.2) is 40.5 Å². The molecule has 0 saturated heterocycles.